The zero-order chi connectivity index (χ0) is 18.2. The maximum absolute atomic E-state index is 12.8. The van der Waals surface area contributed by atoms with Crippen molar-refractivity contribution in [3.8, 4) is 0 Å². The molecular weight excluding hydrogens is 336 g/mol. The number of nitrogens with zero attached hydrogens (tertiary/aromatic N) is 1. The number of ether oxygens (including phenoxy) is 1. The highest BCUT2D eigenvalue weighted by molar-refractivity contribution is 8.00. The molecule has 2 rings (SSSR count). The molecule has 1 heterocycles. The molecule has 6 heteroatoms. The summed E-state index contributed by atoms with van der Waals surface area (Å²) in [6.45, 7) is 7.07. The molecule has 0 aliphatic carbocycles. The van der Waals surface area contributed by atoms with Gasteiger partial charge in [-0.1, -0.05) is 51.1 Å². The van der Waals surface area contributed by atoms with E-state index in [2.05, 4.69) is 19.2 Å². The highest BCUT2D eigenvalue weighted by Gasteiger charge is 2.42. The SMILES string of the molecule is CCCOC(=O)C1CSC(CC(C)C)N1C(=O)NCc1ccccc1. The number of carbonyl (C=O) groups is 2. The molecular formula is C19H28N2O3S. The maximum atomic E-state index is 12.8. The molecule has 2 atom stereocenters. The maximum Gasteiger partial charge on any atom is 0.329 e. The van der Waals surface area contributed by atoms with E-state index in [1.807, 2.05) is 37.3 Å². The molecule has 1 aliphatic heterocycles. The highest BCUT2D eigenvalue weighted by atomic mass is 32.2. The minimum Gasteiger partial charge on any atom is -0.464 e. The van der Waals surface area contributed by atoms with E-state index in [0.717, 1.165) is 18.4 Å². The number of hydrogen-bond acceptors (Lipinski definition) is 4. The number of urea groups is 1. The number of esters is 1. The van der Waals surface area contributed by atoms with Crippen LogP contribution in [0.4, 0.5) is 4.79 Å². The molecule has 1 saturated heterocycles. The van der Waals surface area contributed by atoms with Gasteiger partial charge < -0.3 is 10.1 Å². The Morgan fingerprint density at radius 2 is 2.04 bits per heavy atom. The molecule has 0 saturated carbocycles. The van der Waals surface area contributed by atoms with E-state index in [1.54, 1.807) is 16.7 Å². The van der Waals surface area contributed by atoms with Gasteiger partial charge in [-0.2, -0.15) is 0 Å². The zero-order valence-electron chi connectivity index (χ0n) is 15.2. The summed E-state index contributed by atoms with van der Waals surface area (Å²) in [6.07, 6.45) is 1.64. The molecule has 25 heavy (non-hydrogen) atoms. The first-order chi connectivity index (χ1) is 12.0. The fourth-order valence-electron chi connectivity index (χ4n) is 2.77. The molecule has 138 valence electrons. The van der Waals surface area contributed by atoms with Crippen molar-refractivity contribution < 1.29 is 14.3 Å². The molecule has 1 fully saturated rings. The molecule has 1 N–H and O–H groups in total. The second kappa shape index (κ2) is 9.70. The summed E-state index contributed by atoms with van der Waals surface area (Å²) in [6, 6.07) is 9.07. The summed E-state index contributed by atoms with van der Waals surface area (Å²) in [5.74, 6) is 0.751. The second-order valence-electron chi connectivity index (χ2n) is 6.65. The number of rotatable bonds is 7. The van der Waals surface area contributed by atoms with Gasteiger partial charge in [0.2, 0.25) is 0 Å². The quantitative estimate of drug-likeness (QED) is 0.751. The monoisotopic (exact) mass is 364 g/mol. The number of benzene rings is 1. The average molecular weight is 365 g/mol. The van der Waals surface area contributed by atoms with Crippen LogP contribution >= 0.6 is 11.8 Å². The summed E-state index contributed by atoms with van der Waals surface area (Å²) < 4.78 is 5.30. The van der Waals surface area contributed by atoms with Crippen molar-refractivity contribution in [1.29, 1.82) is 0 Å². The lowest BCUT2D eigenvalue weighted by Gasteiger charge is -2.29. The molecule has 0 spiro atoms. The summed E-state index contributed by atoms with van der Waals surface area (Å²) in [4.78, 5) is 26.8. The molecule has 0 radical (unpaired) electrons. The largest absolute Gasteiger partial charge is 0.464 e. The Morgan fingerprint density at radius 3 is 2.68 bits per heavy atom. The second-order valence-corrected chi connectivity index (χ2v) is 7.86. The average Bonchev–Trinajstić information content (AvgIpc) is 3.01. The molecule has 1 aliphatic rings. The van der Waals surface area contributed by atoms with Crippen LogP contribution in [0.5, 0.6) is 0 Å². The first-order valence-electron chi connectivity index (χ1n) is 8.91. The summed E-state index contributed by atoms with van der Waals surface area (Å²) in [7, 11) is 0. The van der Waals surface area contributed by atoms with Crippen LogP contribution in [-0.4, -0.2) is 40.7 Å². The third-order valence-corrected chi connectivity index (χ3v) is 5.32. The van der Waals surface area contributed by atoms with Crippen molar-refractivity contribution in [2.24, 2.45) is 5.92 Å². The topological polar surface area (TPSA) is 58.6 Å². The minimum absolute atomic E-state index is 0.00921. The van der Waals surface area contributed by atoms with E-state index in [-0.39, 0.29) is 17.4 Å². The molecule has 2 amide bonds. The predicted octanol–water partition coefficient (Wildman–Crippen LogP) is 3.64. The van der Waals surface area contributed by atoms with E-state index in [0.29, 0.717) is 24.8 Å². The molecule has 5 nitrogen and oxygen atoms in total. The molecule has 0 aromatic heterocycles. The molecule has 2 unspecified atom stereocenters. The van der Waals surface area contributed by atoms with Crippen LogP contribution in [0.15, 0.2) is 30.3 Å². The predicted molar refractivity (Wildman–Crippen MR) is 101 cm³/mol. The van der Waals surface area contributed by atoms with Crippen molar-refractivity contribution in [2.75, 3.05) is 12.4 Å². The van der Waals surface area contributed by atoms with E-state index in [1.165, 1.54) is 0 Å². The number of carbonyl (C=O) groups excluding carboxylic acids is 2. The summed E-state index contributed by atoms with van der Waals surface area (Å²) in [5, 5.41) is 2.96. The Hall–Kier alpha value is -1.69. The van der Waals surface area contributed by atoms with Gasteiger partial charge >= 0.3 is 12.0 Å². The van der Waals surface area contributed by atoms with E-state index < -0.39 is 6.04 Å². The van der Waals surface area contributed by atoms with Crippen molar-refractivity contribution in [3.05, 3.63) is 35.9 Å². The first kappa shape index (κ1) is 19.6. The number of amides is 2. The van der Waals surface area contributed by atoms with Gasteiger partial charge in [-0.05, 0) is 24.3 Å². The molecule has 0 bridgehead atoms. The van der Waals surface area contributed by atoms with E-state index in [4.69, 9.17) is 4.74 Å². The lowest BCUT2D eigenvalue weighted by Crippen LogP contribution is -2.50. The van der Waals surface area contributed by atoms with Gasteiger partial charge in [0.1, 0.15) is 6.04 Å². The number of hydrogen-bond donors (Lipinski definition) is 1. The van der Waals surface area contributed by atoms with Crippen LogP contribution in [0, 0.1) is 5.92 Å². The summed E-state index contributed by atoms with van der Waals surface area (Å²) >= 11 is 1.66. The third kappa shape index (κ3) is 5.66. The van der Waals surface area contributed by atoms with Gasteiger partial charge in [-0.25, -0.2) is 9.59 Å². The lowest BCUT2D eigenvalue weighted by atomic mass is 10.1. The van der Waals surface area contributed by atoms with Gasteiger partial charge in [0, 0.05) is 12.3 Å². The van der Waals surface area contributed by atoms with E-state index in [9.17, 15) is 9.59 Å². The standard InChI is InChI=1S/C19H28N2O3S/c1-4-10-24-18(22)16-13-25-17(11-14(2)3)21(16)19(23)20-12-15-8-6-5-7-9-15/h5-9,14,16-17H,4,10-13H2,1-3H3,(H,20,23). The first-order valence-corrected chi connectivity index (χ1v) is 9.96. The van der Waals surface area contributed by atoms with Crippen LogP contribution in [0.1, 0.15) is 39.2 Å². The normalized spacial score (nSPS) is 19.9. The fraction of sp³-hybridized carbons (Fsp3) is 0.579. The van der Waals surface area contributed by atoms with Crippen LogP contribution in [0.25, 0.3) is 0 Å². The Bertz CT molecular complexity index is 565. The van der Waals surface area contributed by atoms with Crippen molar-refractivity contribution in [1.82, 2.24) is 10.2 Å². The van der Waals surface area contributed by atoms with Crippen molar-refractivity contribution in [3.63, 3.8) is 0 Å². The van der Waals surface area contributed by atoms with Gasteiger partial charge in [-0.15, -0.1) is 11.8 Å². The van der Waals surface area contributed by atoms with Crippen molar-refractivity contribution >= 4 is 23.8 Å². The van der Waals surface area contributed by atoms with Gasteiger partial charge in [0.25, 0.3) is 0 Å². The van der Waals surface area contributed by atoms with Crippen LogP contribution in [0.3, 0.4) is 0 Å². The highest BCUT2D eigenvalue weighted by Crippen LogP contribution is 2.34. The zero-order valence-corrected chi connectivity index (χ0v) is 16.1. The van der Waals surface area contributed by atoms with Crippen LogP contribution in [0.2, 0.25) is 0 Å². The van der Waals surface area contributed by atoms with Crippen LogP contribution in [-0.2, 0) is 16.1 Å². The Morgan fingerprint density at radius 1 is 1.32 bits per heavy atom. The van der Waals surface area contributed by atoms with Gasteiger partial charge in [0.15, 0.2) is 0 Å². The molecule has 1 aromatic rings. The number of nitrogens with one attached hydrogen (secondary N) is 1. The molecule has 1 aromatic carbocycles. The Labute approximate surface area is 154 Å². The van der Waals surface area contributed by atoms with Crippen LogP contribution < -0.4 is 5.32 Å². The Kier molecular flexibility index (Phi) is 7.62. The Balaban J connectivity index is 2.04. The number of thioether (sulfide) groups is 1. The fourth-order valence-corrected chi connectivity index (χ4v) is 4.39. The minimum atomic E-state index is -0.504. The van der Waals surface area contributed by atoms with Crippen molar-refractivity contribution in [2.45, 2.75) is 51.6 Å². The van der Waals surface area contributed by atoms with Gasteiger partial charge in [-0.3, -0.25) is 4.90 Å². The third-order valence-electron chi connectivity index (χ3n) is 4.01. The van der Waals surface area contributed by atoms with Gasteiger partial charge in [0.05, 0.1) is 12.0 Å². The smallest absolute Gasteiger partial charge is 0.329 e. The van der Waals surface area contributed by atoms with E-state index >= 15 is 0 Å². The lowest BCUT2D eigenvalue weighted by molar-refractivity contribution is -0.148. The summed E-state index contributed by atoms with van der Waals surface area (Å²) in [5.41, 5.74) is 1.04.